The van der Waals surface area contributed by atoms with Gasteiger partial charge in [-0.1, -0.05) is 6.58 Å². The molecular weight excluding hydrogens is 244 g/mol. The lowest BCUT2D eigenvalue weighted by atomic mass is 9.81. The Labute approximate surface area is 113 Å². The molecule has 0 spiro atoms. The number of hydrogen-bond acceptors (Lipinski definition) is 4. The van der Waals surface area contributed by atoms with E-state index in [4.69, 9.17) is 14.2 Å². The van der Waals surface area contributed by atoms with E-state index >= 15 is 0 Å². The van der Waals surface area contributed by atoms with Crippen molar-refractivity contribution in [2.24, 2.45) is 5.92 Å². The number of carbonyl (C=O) groups excluding carboxylic acids is 1. The minimum Gasteiger partial charge on any atom is -0.455 e. The molecule has 3 saturated heterocycles. The van der Waals surface area contributed by atoms with Crippen molar-refractivity contribution in [2.45, 2.75) is 69.0 Å². The largest absolute Gasteiger partial charge is 0.455 e. The molecule has 4 nitrogen and oxygen atoms in total. The lowest BCUT2D eigenvalue weighted by molar-refractivity contribution is -0.140. The average Bonchev–Trinajstić information content (AvgIpc) is 3.18. The van der Waals surface area contributed by atoms with Crippen molar-refractivity contribution in [2.75, 3.05) is 0 Å². The molecule has 0 bridgehead atoms. The third-order valence-electron chi connectivity index (χ3n) is 5.48. The Bertz CT molecular complexity index is 473. The molecule has 0 aromatic rings. The second kappa shape index (κ2) is 3.41. The van der Waals surface area contributed by atoms with Crippen LogP contribution in [0.5, 0.6) is 0 Å². The lowest BCUT2D eigenvalue weighted by Gasteiger charge is -2.20. The van der Waals surface area contributed by atoms with E-state index in [2.05, 4.69) is 20.4 Å². The molecule has 0 N–H and O–H groups in total. The fourth-order valence-corrected chi connectivity index (χ4v) is 3.85. The second-order valence-electron chi connectivity index (χ2n) is 6.85. The number of hydrogen-bond donors (Lipinski definition) is 0. The van der Waals surface area contributed by atoms with Crippen molar-refractivity contribution in [1.82, 2.24) is 0 Å². The predicted octanol–water partition coefficient (Wildman–Crippen LogP) is 1.97. The van der Waals surface area contributed by atoms with Crippen LogP contribution in [0.1, 0.15) is 39.5 Å². The number of esters is 1. The summed E-state index contributed by atoms with van der Waals surface area (Å²) in [7, 11) is 0. The molecule has 0 amide bonds. The number of epoxide rings is 2. The second-order valence-corrected chi connectivity index (χ2v) is 6.85. The van der Waals surface area contributed by atoms with Crippen LogP contribution in [0.25, 0.3) is 0 Å². The molecule has 0 aromatic heterocycles. The van der Waals surface area contributed by atoms with E-state index in [0.29, 0.717) is 11.7 Å². The van der Waals surface area contributed by atoms with E-state index in [1.807, 2.05) is 0 Å². The van der Waals surface area contributed by atoms with E-state index in [-0.39, 0.29) is 35.3 Å². The van der Waals surface area contributed by atoms with Crippen LogP contribution in [-0.2, 0) is 19.0 Å². The minimum atomic E-state index is -0.245. The average molecular weight is 264 g/mol. The first-order valence-corrected chi connectivity index (χ1v) is 7.18. The Morgan fingerprint density at radius 1 is 1.16 bits per heavy atom. The summed E-state index contributed by atoms with van der Waals surface area (Å²) in [6, 6.07) is 0. The Balaban J connectivity index is 1.62. The molecular formula is C15H20O4. The summed E-state index contributed by atoms with van der Waals surface area (Å²) in [4.78, 5) is 11.8. The molecule has 4 rings (SSSR count). The van der Waals surface area contributed by atoms with Crippen molar-refractivity contribution in [1.29, 1.82) is 0 Å². The van der Waals surface area contributed by atoms with Crippen molar-refractivity contribution >= 4 is 5.97 Å². The highest BCUT2D eigenvalue weighted by Crippen LogP contribution is 2.54. The standard InChI is InChI=1S/C15H20O4/c1-8-9-4-6-14(2)10(18-14)5-7-15(3)12(19-15)11(9)17-13(8)16/h9-12H,1,4-7H2,2-3H3/t9-,10+,11-,12+,14+,15+/m0/s1. The van der Waals surface area contributed by atoms with E-state index in [1.165, 1.54) is 0 Å². The molecule has 19 heavy (non-hydrogen) atoms. The zero-order valence-electron chi connectivity index (χ0n) is 11.5. The maximum Gasteiger partial charge on any atom is 0.334 e. The third-order valence-corrected chi connectivity index (χ3v) is 5.48. The van der Waals surface area contributed by atoms with Gasteiger partial charge in [-0.15, -0.1) is 0 Å². The molecule has 6 atom stereocenters. The number of carbonyl (C=O) groups is 1. The normalized spacial score (nSPS) is 55.7. The summed E-state index contributed by atoms with van der Waals surface area (Å²) in [5.41, 5.74) is 0.469. The molecule has 104 valence electrons. The van der Waals surface area contributed by atoms with Gasteiger partial charge in [-0.05, 0) is 39.5 Å². The monoisotopic (exact) mass is 264 g/mol. The highest BCUT2D eigenvalue weighted by molar-refractivity contribution is 5.91. The van der Waals surface area contributed by atoms with Gasteiger partial charge in [-0.25, -0.2) is 4.79 Å². The van der Waals surface area contributed by atoms with Gasteiger partial charge >= 0.3 is 5.97 Å². The maximum absolute atomic E-state index is 11.8. The van der Waals surface area contributed by atoms with Gasteiger partial charge in [0.05, 0.1) is 17.3 Å². The molecule has 4 fully saturated rings. The number of rotatable bonds is 0. The van der Waals surface area contributed by atoms with Crippen molar-refractivity contribution < 1.29 is 19.0 Å². The quantitative estimate of drug-likeness (QED) is 0.381. The van der Waals surface area contributed by atoms with Gasteiger partial charge in [0.25, 0.3) is 0 Å². The molecule has 1 saturated carbocycles. The van der Waals surface area contributed by atoms with Crippen LogP contribution >= 0.6 is 0 Å². The van der Waals surface area contributed by atoms with Crippen LogP contribution in [-0.4, -0.2) is 35.5 Å². The predicted molar refractivity (Wildman–Crippen MR) is 67.5 cm³/mol. The first kappa shape index (κ1) is 11.9. The molecule has 4 aliphatic rings. The SMILES string of the molecule is C=C1C(=O)O[C@@H]2[C@H]3O[C@]3(C)CC[C@H]3O[C@]3(C)CC[C@@H]12. The van der Waals surface area contributed by atoms with E-state index in [0.717, 1.165) is 25.7 Å². The van der Waals surface area contributed by atoms with Gasteiger partial charge in [0, 0.05) is 11.5 Å². The van der Waals surface area contributed by atoms with Crippen molar-refractivity contribution in [3.8, 4) is 0 Å². The Morgan fingerprint density at radius 3 is 2.68 bits per heavy atom. The fraction of sp³-hybridized carbons (Fsp3) is 0.800. The van der Waals surface area contributed by atoms with Gasteiger partial charge < -0.3 is 14.2 Å². The topological polar surface area (TPSA) is 51.4 Å². The van der Waals surface area contributed by atoms with Crippen molar-refractivity contribution in [3.63, 3.8) is 0 Å². The first-order chi connectivity index (χ1) is 8.93. The van der Waals surface area contributed by atoms with E-state index in [1.54, 1.807) is 0 Å². The summed E-state index contributed by atoms with van der Waals surface area (Å²) < 4.78 is 17.2. The summed E-state index contributed by atoms with van der Waals surface area (Å²) in [6.45, 7) is 8.20. The Hall–Kier alpha value is -0.870. The Kier molecular flexibility index (Phi) is 2.14. The minimum absolute atomic E-state index is 0.00540. The van der Waals surface area contributed by atoms with E-state index in [9.17, 15) is 4.79 Å². The van der Waals surface area contributed by atoms with Crippen LogP contribution in [0, 0.1) is 5.92 Å². The van der Waals surface area contributed by atoms with Gasteiger partial charge in [0.2, 0.25) is 0 Å². The molecule has 4 heteroatoms. The van der Waals surface area contributed by atoms with Crippen LogP contribution in [0.3, 0.4) is 0 Å². The summed E-state index contributed by atoms with van der Waals surface area (Å²) in [6.07, 6.45) is 4.15. The first-order valence-electron chi connectivity index (χ1n) is 7.18. The van der Waals surface area contributed by atoms with Crippen LogP contribution < -0.4 is 0 Å². The molecule has 3 heterocycles. The van der Waals surface area contributed by atoms with Crippen LogP contribution in [0.15, 0.2) is 12.2 Å². The summed E-state index contributed by atoms with van der Waals surface area (Å²) in [5.74, 6) is -0.149. The summed E-state index contributed by atoms with van der Waals surface area (Å²) >= 11 is 0. The Morgan fingerprint density at radius 2 is 1.89 bits per heavy atom. The lowest BCUT2D eigenvalue weighted by Crippen LogP contribution is -2.30. The third kappa shape index (κ3) is 1.62. The zero-order chi connectivity index (χ0) is 13.4. The molecule has 0 unspecified atom stereocenters. The zero-order valence-corrected chi connectivity index (χ0v) is 11.5. The number of fused-ring (bicyclic) bond motifs is 4. The molecule has 1 aliphatic carbocycles. The summed E-state index contributed by atoms with van der Waals surface area (Å²) in [5, 5.41) is 0. The maximum atomic E-state index is 11.8. The molecule has 0 aromatic carbocycles. The van der Waals surface area contributed by atoms with Gasteiger partial charge in [-0.2, -0.15) is 0 Å². The van der Waals surface area contributed by atoms with Gasteiger partial charge in [0.1, 0.15) is 12.2 Å². The highest BCUT2D eigenvalue weighted by Gasteiger charge is 2.64. The van der Waals surface area contributed by atoms with Gasteiger partial charge in [-0.3, -0.25) is 0 Å². The van der Waals surface area contributed by atoms with Crippen LogP contribution in [0.2, 0.25) is 0 Å². The van der Waals surface area contributed by atoms with Gasteiger partial charge in [0.15, 0.2) is 0 Å². The molecule has 3 aliphatic heterocycles. The van der Waals surface area contributed by atoms with E-state index < -0.39 is 0 Å². The van der Waals surface area contributed by atoms with Crippen LogP contribution in [0.4, 0.5) is 0 Å². The van der Waals surface area contributed by atoms with Crippen molar-refractivity contribution in [3.05, 3.63) is 12.2 Å². The number of ether oxygens (including phenoxy) is 3. The molecule has 0 radical (unpaired) electrons. The fourth-order valence-electron chi connectivity index (χ4n) is 3.85. The smallest absolute Gasteiger partial charge is 0.334 e. The highest BCUT2D eigenvalue weighted by atomic mass is 16.6.